The summed E-state index contributed by atoms with van der Waals surface area (Å²) in [6.45, 7) is 10.2. The molecule has 2 aromatic heterocycles. The van der Waals surface area contributed by atoms with Crippen molar-refractivity contribution in [2.24, 2.45) is 0 Å². The maximum atomic E-state index is 13.8. The Morgan fingerprint density at radius 1 is 0.974 bits per heavy atom. The van der Waals surface area contributed by atoms with Gasteiger partial charge in [-0.15, -0.1) is 0 Å². The zero-order valence-corrected chi connectivity index (χ0v) is 23.2. The van der Waals surface area contributed by atoms with Gasteiger partial charge in [-0.25, -0.2) is 0 Å². The van der Waals surface area contributed by atoms with Crippen LogP contribution in [0.4, 0.5) is 0 Å². The van der Waals surface area contributed by atoms with Crippen LogP contribution in [0.3, 0.4) is 0 Å². The van der Waals surface area contributed by atoms with Crippen molar-refractivity contribution in [2.75, 3.05) is 33.4 Å². The number of nitrogens with one attached hydrogen (secondary N) is 1. The Balaban J connectivity index is 1.51. The number of aromatic nitrogens is 1. The lowest BCUT2D eigenvalue weighted by atomic mass is 9.87. The van der Waals surface area contributed by atoms with Crippen LogP contribution in [0.15, 0.2) is 77.5 Å². The molecule has 0 atom stereocenters. The Labute approximate surface area is 226 Å². The molecule has 2 aromatic carbocycles. The first kappa shape index (κ1) is 27.7. The lowest BCUT2D eigenvalue weighted by Crippen LogP contribution is -2.41. The normalized spacial score (nSPS) is 11.9. The van der Waals surface area contributed by atoms with E-state index in [2.05, 4.69) is 79.3 Å². The molecule has 1 amide bonds. The van der Waals surface area contributed by atoms with E-state index in [1.165, 1.54) is 16.5 Å². The average molecular weight is 516 g/mol. The summed E-state index contributed by atoms with van der Waals surface area (Å²) < 4.78 is 10.8. The number of H-pyrrole nitrogens is 1. The molecule has 4 rings (SSSR count). The fourth-order valence-corrected chi connectivity index (χ4v) is 4.78. The molecule has 0 radical (unpaired) electrons. The van der Waals surface area contributed by atoms with Gasteiger partial charge in [0, 0.05) is 50.5 Å². The van der Waals surface area contributed by atoms with Gasteiger partial charge in [-0.1, -0.05) is 63.2 Å². The maximum Gasteiger partial charge on any atom is 0.237 e. The minimum absolute atomic E-state index is 0.0952. The van der Waals surface area contributed by atoms with Crippen molar-refractivity contribution in [3.63, 3.8) is 0 Å². The molecule has 0 saturated heterocycles. The number of methoxy groups -OCH3 is 1. The number of furan rings is 1. The summed E-state index contributed by atoms with van der Waals surface area (Å²) in [5.74, 6) is 0.979. The molecule has 6 nitrogen and oxygen atoms in total. The van der Waals surface area contributed by atoms with Gasteiger partial charge in [0.1, 0.15) is 5.76 Å². The first-order chi connectivity index (χ1) is 18.3. The van der Waals surface area contributed by atoms with Crippen LogP contribution >= 0.6 is 0 Å². The van der Waals surface area contributed by atoms with Crippen LogP contribution in [0.2, 0.25) is 0 Å². The summed E-state index contributed by atoms with van der Waals surface area (Å²) in [5.41, 5.74) is 4.88. The second kappa shape index (κ2) is 12.9. The molecule has 0 aliphatic rings. The summed E-state index contributed by atoms with van der Waals surface area (Å²) in [7, 11) is 1.71. The van der Waals surface area contributed by atoms with Crippen molar-refractivity contribution in [1.82, 2.24) is 14.8 Å². The standard InChI is InChI=1S/C32H41N3O3/c1-32(2,3)27-14-12-25(13-15-27)22-35(18-16-26-21-33-30-11-6-5-10-29(26)30)31(36)24-34(17-8-19-37-4)23-28-9-7-20-38-28/h5-7,9-15,20-21,33H,8,16-19,22-24H2,1-4H3. The highest BCUT2D eigenvalue weighted by Crippen LogP contribution is 2.23. The third-order valence-corrected chi connectivity index (χ3v) is 7.01. The van der Waals surface area contributed by atoms with E-state index in [4.69, 9.17) is 9.15 Å². The van der Waals surface area contributed by atoms with Crippen LogP contribution in [-0.4, -0.2) is 54.0 Å². The Hall–Kier alpha value is -3.35. The first-order valence-corrected chi connectivity index (χ1v) is 13.5. The number of nitrogens with zero attached hydrogens (tertiary/aromatic N) is 2. The molecule has 0 saturated carbocycles. The highest BCUT2D eigenvalue weighted by atomic mass is 16.5. The predicted octanol–water partition coefficient (Wildman–Crippen LogP) is 6.17. The molecule has 0 unspecified atom stereocenters. The molecule has 0 bridgehead atoms. The summed E-state index contributed by atoms with van der Waals surface area (Å²) in [5, 5.41) is 1.22. The minimum atomic E-state index is 0.0952. The zero-order chi connectivity index (χ0) is 27.0. The number of rotatable bonds is 13. The smallest absolute Gasteiger partial charge is 0.237 e. The summed E-state index contributed by atoms with van der Waals surface area (Å²) in [4.78, 5) is 21.3. The largest absolute Gasteiger partial charge is 0.468 e. The van der Waals surface area contributed by atoms with E-state index in [0.717, 1.165) is 36.2 Å². The molecule has 4 aromatic rings. The molecular formula is C32H41N3O3. The molecular weight excluding hydrogens is 474 g/mol. The topological polar surface area (TPSA) is 61.7 Å². The van der Waals surface area contributed by atoms with Crippen LogP contribution in [0.25, 0.3) is 10.9 Å². The van der Waals surface area contributed by atoms with Crippen molar-refractivity contribution in [1.29, 1.82) is 0 Å². The molecule has 0 aliphatic carbocycles. The number of carbonyl (C=O) groups excluding carboxylic acids is 1. The van der Waals surface area contributed by atoms with E-state index >= 15 is 0 Å². The van der Waals surface area contributed by atoms with E-state index in [-0.39, 0.29) is 11.3 Å². The van der Waals surface area contributed by atoms with Gasteiger partial charge in [0.25, 0.3) is 0 Å². The number of amides is 1. The van der Waals surface area contributed by atoms with Gasteiger partial charge in [-0.2, -0.15) is 0 Å². The van der Waals surface area contributed by atoms with Crippen molar-refractivity contribution in [3.05, 3.63) is 95.6 Å². The SMILES string of the molecule is COCCCN(CC(=O)N(CCc1c[nH]c2ccccc12)Cc1ccc(C(C)(C)C)cc1)Cc1ccco1. The predicted molar refractivity (Wildman–Crippen MR) is 153 cm³/mol. The van der Waals surface area contributed by atoms with E-state index in [0.29, 0.717) is 32.8 Å². The summed E-state index contributed by atoms with van der Waals surface area (Å²) >= 11 is 0. The third-order valence-electron chi connectivity index (χ3n) is 7.01. The molecule has 38 heavy (non-hydrogen) atoms. The number of hydrogen-bond donors (Lipinski definition) is 1. The van der Waals surface area contributed by atoms with Crippen LogP contribution in [-0.2, 0) is 34.5 Å². The Morgan fingerprint density at radius 3 is 2.47 bits per heavy atom. The van der Waals surface area contributed by atoms with Gasteiger partial charge in [0.2, 0.25) is 5.91 Å². The molecule has 202 valence electrons. The van der Waals surface area contributed by atoms with Crippen LogP contribution in [0, 0.1) is 0 Å². The monoisotopic (exact) mass is 515 g/mol. The lowest BCUT2D eigenvalue weighted by Gasteiger charge is -2.28. The highest BCUT2D eigenvalue weighted by Gasteiger charge is 2.20. The molecule has 0 fully saturated rings. The first-order valence-electron chi connectivity index (χ1n) is 13.5. The number of carbonyl (C=O) groups is 1. The van der Waals surface area contributed by atoms with Gasteiger partial charge in [-0.05, 0) is 53.1 Å². The van der Waals surface area contributed by atoms with Crippen LogP contribution < -0.4 is 0 Å². The molecule has 2 heterocycles. The number of para-hydroxylation sites is 1. The summed E-state index contributed by atoms with van der Waals surface area (Å²) in [6.07, 6.45) is 5.39. The Kier molecular flexibility index (Phi) is 9.43. The fraction of sp³-hybridized carbons (Fsp3) is 0.406. The number of fused-ring (bicyclic) bond motifs is 1. The third kappa shape index (κ3) is 7.59. The minimum Gasteiger partial charge on any atom is -0.468 e. The van der Waals surface area contributed by atoms with E-state index in [1.54, 1.807) is 13.4 Å². The van der Waals surface area contributed by atoms with Gasteiger partial charge >= 0.3 is 0 Å². The summed E-state index contributed by atoms with van der Waals surface area (Å²) in [6, 6.07) is 20.9. The van der Waals surface area contributed by atoms with Crippen molar-refractivity contribution in [3.8, 4) is 0 Å². The number of aromatic amines is 1. The van der Waals surface area contributed by atoms with E-state index < -0.39 is 0 Å². The fourth-order valence-electron chi connectivity index (χ4n) is 4.78. The molecule has 6 heteroatoms. The van der Waals surface area contributed by atoms with Crippen LogP contribution in [0.1, 0.15) is 49.6 Å². The van der Waals surface area contributed by atoms with Gasteiger partial charge < -0.3 is 19.0 Å². The second-order valence-electron chi connectivity index (χ2n) is 11.0. The number of benzene rings is 2. The van der Waals surface area contributed by atoms with Gasteiger partial charge in [0.15, 0.2) is 0 Å². The lowest BCUT2D eigenvalue weighted by molar-refractivity contribution is -0.133. The van der Waals surface area contributed by atoms with Crippen LogP contribution in [0.5, 0.6) is 0 Å². The molecule has 1 N–H and O–H groups in total. The van der Waals surface area contributed by atoms with Crippen molar-refractivity contribution in [2.45, 2.75) is 52.1 Å². The van der Waals surface area contributed by atoms with Gasteiger partial charge in [0.05, 0.1) is 19.4 Å². The Bertz CT molecular complexity index is 1270. The zero-order valence-electron chi connectivity index (χ0n) is 23.2. The van der Waals surface area contributed by atoms with E-state index in [9.17, 15) is 4.79 Å². The number of hydrogen-bond acceptors (Lipinski definition) is 4. The maximum absolute atomic E-state index is 13.8. The highest BCUT2D eigenvalue weighted by molar-refractivity contribution is 5.83. The number of ether oxygens (including phenoxy) is 1. The quantitative estimate of drug-likeness (QED) is 0.216. The van der Waals surface area contributed by atoms with E-state index in [1.807, 2.05) is 23.1 Å². The molecule has 0 aliphatic heterocycles. The molecule has 0 spiro atoms. The van der Waals surface area contributed by atoms with Gasteiger partial charge in [-0.3, -0.25) is 9.69 Å². The van der Waals surface area contributed by atoms with Crippen molar-refractivity contribution < 1.29 is 13.9 Å². The second-order valence-corrected chi connectivity index (χ2v) is 11.0. The Morgan fingerprint density at radius 2 is 1.76 bits per heavy atom. The van der Waals surface area contributed by atoms with Crippen molar-refractivity contribution >= 4 is 16.8 Å². The average Bonchev–Trinajstić information content (AvgIpc) is 3.56.